The highest BCUT2D eigenvalue weighted by molar-refractivity contribution is 5.75. The summed E-state index contributed by atoms with van der Waals surface area (Å²) in [5.74, 6) is -0.805. The number of fused-ring (bicyclic) bond motifs is 3. The summed E-state index contributed by atoms with van der Waals surface area (Å²) in [6.45, 7) is 7.43. The number of aryl methyl sites for hydroxylation is 1. The van der Waals surface area contributed by atoms with Gasteiger partial charge in [-0.3, -0.25) is 4.79 Å². The van der Waals surface area contributed by atoms with Crippen molar-refractivity contribution in [3.63, 3.8) is 0 Å². The van der Waals surface area contributed by atoms with E-state index in [9.17, 15) is 20.1 Å². The van der Waals surface area contributed by atoms with E-state index < -0.39 is 23.1 Å². The van der Waals surface area contributed by atoms with E-state index in [4.69, 9.17) is 0 Å². The van der Waals surface area contributed by atoms with E-state index in [1.54, 1.807) is 20.8 Å². The molecule has 3 rings (SSSR count). The predicted octanol–water partition coefficient (Wildman–Crippen LogP) is 2.98. The summed E-state index contributed by atoms with van der Waals surface area (Å²) >= 11 is 0. The van der Waals surface area contributed by atoms with Crippen molar-refractivity contribution in [2.75, 3.05) is 0 Å². The van der Waals surface area contributed by atoms with Crippen molar-refractivity contribution >= 4 is 5.97 Å². The summed E-state index contributed by atoms with van der Waals surface area (Å²) in [4.78, 5) is 12.0. The van der Waals surface area contributed by atoms with Gasteiger partial charge in [-0.1, -0.05) is 25.1 Å². The van der Waals surface area contributed by atoms with E-state index >= 15 is 0 Å². The van der Waals surface area contributed by atoms with Crippen molar-refractivity contribution < 1.29 is 20.1 Å². The molecule has 4 unspecified atom stereocenters. The van der Waals surface area contributed by atoms with Gasteiger partial charge in [0.05, 0.1) is 17.1 Å². The highest BCUT2D eigenvalue weighted by atomic mass is 16.4. The second kappa shape index (κ2) is 5.30. The van der Waals surface area contributed by atoms with Crippen LogP contribution in [-0.4, -0.2) is 27.4 Å². The van der Waals surface area contributed by atoms with E-state index in [1.165, 1.54) is 5.56 Å². The molecule has 24 heavy (non-hydrogen) atoms. The molecule has 0 bridgehead atoms. The lowest BCUT2D eigenvalue weighted by molar-refractivity contribution is -0.162. The molecule has 1 aromatic rings. The molecular weight excluding hydrogens is 304 g/mol. The Balaban J connectivity index is 2.11. The van der Waals surface area contributed by atoms with Crippen molar-refractivity contribution in [2.45, 2.75) is 70.5 Å². The Morgan fingerprint density at radius 2 is 1.92 bits per heavy atom. The third-order valence-corrected chi connectivity index (χ3v) is 6.48. The van der Waals surface area contributed by atoms with Gasteiger partial charge >= 0.3 is 5.97 Å². The van der Waals surface area contributed by atoms with E-state index in [0.717, 1.165) is 24.0 Å². The molecule has 0 radical (unpaired) electrons. The molecule has 0 spiro atoms. The van der Waals surface area contributed by atoms with Crippen molar-refractivity contribution in [1.29, 1.82) is 0 Å². The zero-order valence-corrected chi connectivity index (χ0v) is 15.0. The second-order valence-corrected chi connectivity index (χ2v) is 8.72. The standard InChI is InChI=1S/C20H28O4/c1-18(2,24)13-6-7-15-12(9-13)5-8-16-19(15,3)10-14(21)11-20(16,4)17(22)23/h6-7,9,14,16,21,24H,5,8,10-11H2,1-4H3,(H,22,23). The van der Waals surface area contributed by atoms with Gasteiger partial charge in [0, 0.05) is 0 Å². The molecule has 4 nitrogen and oxygen atoms in total. The second-order valence-electron chi connectivity index (χ2n) is 8.72. The van der Waals surface area contributed by atoms with Crippen LogP contribution in [0.1, 0.15) is 63.6 Å². The average molecular weight is 332 g/mol. The van der Waals surface area contributed by atoms with Gasteiger partial charge in [-0.15, -0.1) is 0 Å². The minimum Gasteiger partial charge on any atom is -0.481 e. The molecule has 1 saturated carbocycles. The molecule has 0 aliphatic heterocycles. The van der Waals surface area contributed by atoms with Crippen LogP contribution < -0.4 is 0 Å². The molecule has 4 heteroatoms. The van der Waals surface area contributed by atoms with Crippen molar-refractivity contribution in [1.82, 2.24) is 0 Å². The smallest absolute Gasteiger partial charge is 0.309 e. The van der Waals surface area contributed by atoms with Crippen LogP contribution in [-0.2, 0) is 22.2 Å². The highest BCUT2D eigenvalue weighted by Crippen LogP contribution is 2.57. The summed E-state index contributed by atoms with van der Waals surface area (Å²) in [6.07, 6.45) is 1.93. The lowest BCUT2D eigenvalue weighted by Crippen LogP contribution is -2.56. The van der Waals surface area contributed by atoms with Gasteiger partial charge in [-0.05, 0) is 74.5 Å². The Bertz CT molecular complexity index is 675. The number of carbonyl (C=O) groups is 1. The molecule has 2 aliphatic carbocycles. The number of aliphatic carboxylic acids is 1. The number of aliphatic hydroxyl groups is 2. The van der Waals surface area contributed by atoms with Crippen LogP contribution in [0.5, 0.6) is 0 Å². The van der Waals surface area contributed by atoms with Gasteiger partial charge in [0.15, 0.2) is 0 Å². The highest BCUT2D eigenvalue weighted by Gasteiger charge is 2.57. The van der Waals surface area contributed by atoms with Crippen molar-refractivity contribution in [3.8, 4) is 0 Å². The van der Waals surface area contributed by atoms with Crippen LogP contribution in [0.25, 0.3) is 0 Å². The predicted molar refractivity (Wildman–Crippen MR) is 91.8 cm³/mol. The Morgan fingerprint density at radius 3 is 2.50 bits per heavy atom. The Kier molecular flexibility index (Phi) is 3.85. The van der Waals surface area contributed by atoms with Gasteiger partial charge in [-0.25, -0.2) is 0 Å². The lowest BCUT2D eigenvalue weighted by Gasteiger charge is -2.55. The fourth-order valence-corrected chi connectivity index (χ4v) is 5.25. The van der Waals surface area contributed by atoms with Gasteiger partial charge in [0.2, 0.25) is 0 Å². The fourth-order valence-electron chi connectivity index (χ4n) is 5.25. The lowest BCUT2D eigenvalue weighted by atomic mass is 9.49. The maximum absolute atomic E-state index is 12.0. The molecule has 0 heterocycles. The van der Waals surface area contributed by atoms with Gasteiger partial charge in [-0.2, -0.15) is 0 Å². The number of aliphatic hydroxyl groups excluding tert-OH is 1. The van der Waals surface area contributed by atoms with Crippen LogP contribution in [0, 0.1) is 11.3 Å². The number of hydrogen-bond acceptors (Lipinski definition) is 3. The number of carboxylic acid groups (broad SMARTS) is 1. The van der Waals surface area contributed by atoms with E-state index in [1.807, 2.05) is 12.1 Å². The first-order valence-corrected chi connectivity index (χ1v) is 8.76. The van der Waals surface area contributed by atoms with Crippen LogP contribution in [0.4, 0.5) is 0 Å². The largest absolute Gasteiger partial charge is 0.481 e. The normalized spacial score (nSPS) is 35.9. The third-order valence-electron chi connectivity index (χ3n) is 6.48. The topological polar surface area (TPSA) is 77.8 Å². The van der Waals surface area contributed by atoms with E-state index in [-0.39, 0.29) is 11.3 Å². The molecular formula is C20H28O4. The zero-order chi connectivity index (χ0) is 17.9. The SMILES string of the molecule is CC(C)(O)c1ccc2c(c1)CCC1C(C)(C(=O)O)CC(O)CC21C. The van der Waals surface area contributed by atoms with Gasteiger partial charge in [0.1, 0.15) is 0 Å². The maximum Gasteiger partial charge on any atom is 0.309 e. The molecule has 2 aliphatic rings. The molecule has 132 valence electrons. The Hall–Kier alpha value is -1.39. The summed E-state index contributed by atoms with van der Waals surface area (Å²) < 4.78 is 0. The zero-order valence-electron chi connectivity index (χ0n) is 15.0. The summed E-state index contributed by atoms with van der Waals surface area (Å²) in [5.41, 5.74) is 1.04. The fraction of sp³-hybridized carbons (Fsp3) is 0.650. The number of rotatable bonds is 2. The van der Waals surface area contributed by atoms with Gasteiger partial charge < -0.3 is 15.3 Å². The van der Waals surface area contributed by atoms with Gasteiger partial charge in [0.25, 0.3) is 0 Å². The van der Waals surface area contributed by atoms with Crippen LogP contribution in [0.15, 0.2) is 18.2 Å². The quantitative estimate of drug-likeness (QED) is 0.778. The first-order chi connectivity index (χ1) is 11.0. The Labute approximate surface area is 143 Å². The number of carboxylic acids is 1. The first kappa shape index (κ1) is 17.4. The molecule has 0 saturated heterocycles. The van der Waals surface area contributed by atoms with E-state index in [2.05, 4.69) is 13.0 Å². The number of benzene rings is 1. The van der Waals surface area contributed by atoms with Crippen molar-refractivity contribution in [2.24, 2.45) is 11.3 Å². The van der Waals surface area contributed by atoms with Crippen molar-refractivity contribution in [3.05, 3.63) is 34.9 Å². The summed E-state index contributed by atoms with van der Waals surface area (Å²) in [7, 11) is 0. The minimum atomic E-state index is -0.904. The Morgan fingerprint density at radius 1 is 1.25 bits per heavy atom. The maximum atomic E-state index is 12.0. The molecule has 1 fully saturated rings. The van der Waals surface area contributed by atoms with Crippen LogP contribution in [0.3, 0.4) is 0 Å². The molecule has 0 amide bonds. The van der Waals surface area contributed by atoms with E-state index in [0.29, 0.717) is 12.8 Å². The minimum absolute atomic E-state index is 0.00591. The monoisotopic (exact) mass is 332 g/mol. The summed E-state index contributed by atoms with van der Waals surface area (Å²) in [6, 6.07) is 6.02. The first-order valence-electron chi connectivity index (χ1n) is 8.76. The van der Waals surface area contributed by atoms with Crippen LogP contribution >= 0.6 is 0 Å². The molecule has 1 aromatic carbocycles. The molecule has 4 atom stereocenters. The number of hydrogen-bond donors (Lipinski definition) is 3. The molecule has 3 N–H and O–H groups in total. The summed E-state index contributed by atoms with van der Waals surface area (Å²) in [5, 5.41) is 30.5. The molecule has 0 aromatic heterocycles. The average Bonchev–Trinajstić information content (AvgIpc) is 2.44. The third kappa shape index (κ3) is 2.47. The van der Waals surface area contributed by atoms with Crippen LogP contribution in [0.2, 0.25) is 0 Å².